The van der Waals surface area contributed by atoms with Crippen LogP contribution in [0.15, 0.2) is 23.1 Å². The van der Waals surface area contributed by atoms with E-state index in [2.05, 4.69) is 5.32 Å². The topological polar surface area (TPSA) is 58.6 Å². The minimum absolute atomic E-state index is 0.365. The van der Waals surface area contributed by atoms with Crippen LogP contribution in [0, 0.1) is 18.8 Å². The second kappa shape index (κ2) is 5.02. The van der Waals surface area contributed by atoms with Gasteiger partial charge in [0.25, 0.3) is 0 Å². The molecule has 0 saturated carbocycles. The molecular formula is C14H20N2O3S. The number of hydrogen-bond acceptors (Lipinski definition) is 4. The molecule has 3 rings (SSSR count). The summed E-state index contributed by atoms with van der Waals surface area (Å²) in [4.78, 5) is 0.365. The molecule has 2 atom stereocenters. The molecular weight excluding hydrogens is 276 g/mol. The summed E-state index contributed by atoms with van der Waals surface area (Å²) in [6, 6.07) is 5.05. The highest BCUT2D eigenvalue weighted by molar-refractivity contribution is 7.89. The fraction of sp³-hybridized carbons (Fsp3) is 0.571. The summed E-state index contributed by atoms with van der Waals surface area (Å²) in [5.74, 6) is 1.64. The van der Waals surface area contributed by atoms with Crippen LogP contribution in [0.3, 0.4) is 0 Å². The SMILES string of the molecule is COc1ccc(S(=O)(=O)N2CC3CNCC3C2)cc1C. The number of nitrogens with one attached hydrogen (secondary N) is 1. The number of benzene rings is 1. The molecule has 2 aliphatic rings. The van der Waals surface area contributed by atoms with Gasteiger partial charge in [0.15, 0.2) is 0 Å². The molecule has 2 unspecified atom stereocenters. The van der Waals surface area contributed by atoms with Gasteiger partial charge in [0.1, 0.15) is 5.75 Å². The number of nitrogens with zero attached hydrogens (tertiary/aromatic N) is 1. The van der Waals surface area contributed by atoms with Crippen LogP contribution in [-0.4, -0.2) is 46.0 Å². The van der Waals surface area contributed by atoms with Crippen LogP contribution in [0.25, 0.3) is 0 Å². The van der Waals surface area contributed by atoms with Crippen molar-refractivity contribution in [2.24, 2.45) is 11.8 Å². The Morgan fingerprint density at radius 3 is 2.45 bits per heavy atom. The Kier molecular flexibility index (Phi) is 3.48. The molecule has 20 heavy (non-hydrogen) atoms. The second-order valence-electron chi connectivity index (χ2n) is 5.63. The van der Waals surface area contributed by atoms with Crippen molar-refractivity contribution in [1.82, 2.24) is 9.62 Å². The molecule has 5 nitrogen and oxygen atoms in total. The number of aryl methyl sites for hydroxylation is 1. The molecule has 2 fully saturated rings. The lowest BCUT2D eigenvalue weighted by Gasteiger charge is -2.18. The third-order valence-corrected chi connectivity index (χ3v) is 6.19. The number of sulfonamides is 1. The molecule has 0 bridgehead atoms. The van der Waals surface area contributed by atoms with Crippen molar-refractivity contribution in [2.45, 2.75) is 11.8 Å². The van der Waals surface area contributed by atoms with E-state index in [1.54, 1.807) is 29.6 Å². The summed E-state index contributed by atoms with van der Waals surface area (Å²) in [6.07, 6.45) is 0. The van der Waals surface area contributed by atoms with Gasteiger partial charge in [-0.05, 0) is 55.6 Å². The fourth-order valence-corrected chi connectivity index (χ4v) is 4.81. The van der Waals surface area contributed by atoms with Crippen LogP contribution in [0.5, 0.6) is 5.75 Å². The van der Waals surface area contributed by atoms with Gasteiger partial charge in [-0.2, -0.15) is 4.31 Å². The zero-order valence-corrected chi connectivity index (χ0v) is 12.6. The molecule has 1 N–H and O–H groups in total. The second-order valence-corrected chi connectivity index (χ2v) is 7.57. The summed E-state index contributed by atoms with van der Waals surface area (Å²) in [7, 11) is -1.79. The maximum atomic E-state index is 12.7. The van der Waals surface area contributed by atoms with E-state index in [-0.39, 0.29) is 0 Å². The molecule has 2 heterocycles. The minimum atomic E-state index is -3.38. The highest BCUT2D eigenvalue weighted by Crippen LogP contribution is 2.31. The van der Waals surface area contributed by atoms with Gasteiger partial charge < -0.3 is 10.1 Å². The van der Waals surface area contributed by atoms with E-state index in [1.807, 2.05) is 6.92 Å². The van der Waals surface area contributed by atoms with Crippen LogP contribution >= 0.6 is 0 Å². The molecule has 6 heteroatoms. The van der Waals surface area contributed by atoms with Gasteiger partial charge >= 0.3 is 0 Å². The van der Waals surface area contributed by atoms with Crippen molar-refractivity contribution < 1.29 is 13.2 Å². The van der Waals surface area contributed by atoms with Crippen molar-refractivity contribution in [3.63, 3.8) is 0 Å². The normalized spacial score (nSPS) is 26.7. The molecule has 0 aromatic heterocycles. The summed E-state index contributed by atoms with van der Waals surface area (Å²) in [6.45, 7) is 4.98. The summed E-state index contributed by atoms with van der Waals surface area (Å²) >= 11 is 0. The first-order valence-corrected chi connectivity index (χ1v) is 8.32. The van der Waals surface area contributed by atoms with Crippen LogP contribution in [0.1, 0.15) is 5.56 Å². The zero-order chi connectivity index (χ0) is 14.3. The average Bonchev–Trinajstić information content (AvgIpc) is 2.99. The van der Waals surface area contributed by atoms with Crippen LogP contribution in [0.4, 0.5) is 0 Å². The number of ether oxygens (including phenoxy) is 1. The predicted molar refractivity (Wildman–Crippen MR) is 76.3 cm³/mol. The summed E-state index contributed by atoms with van der Waals surface area (Å²) in [5.41, 5.74) is 0.842. The third-order valence-electron chi connectivity index (χ3n) is 4.36. The van der Waals surface area contributed by atoms with Gasteiger partial charge in [-0.1, -0.05) is 0 Å². The van der Waals surface area contributed by atoms with Gasteiger partial charge in [0, 0.05) is 13.1 Å². The van der Waals surface area contributed by atoms with E-state index >= 15 is 0 Å². The molecule has 0 amide bonds. The van der Waals surface area contributed by atoms with Gasteiger partial charge in [-0.15, -0.1) is 0 Å². The summed E-state index contributed by atoms with van der Waals surface area (Å²) < 4.78 is 32.2. The molecule has 0 spiro atoms. The van der Waals surface area contributed by atoms with E-state index in [4.69, 9.17) is 4.74 Å². The van der Waals surface area contributed by atoms with E-state index < -0.39 is 10.0 Å². The molecule has 1 aromatic carbocycles. The van der Waals surface area contributed by atoms with Gasteiger partial charge in [-0.25, -0.2) is 8.42 Å². The minimum Gasteiger partial charge on any atom is -0.496 e. The van der Waals surface area contributed by atoms with Crippen LogP contribution in [0.2, 0.25) is 0 Å². The first-order valence-electron chi connectivity index (χ1n) is 6.88. The quantitative estimate of drug-likeness (QED) is 0.898. The molecule has 110 valence electrons. The lowest BCUT2D eigenvalue weighted by molar-refractivity contribution is 0.411. The lowest BCUT2D eigenvalue weighted by Crippen LogP contribution is -2.32. The van der Waals surface area contributed by atoms with Gasteiger partial charge in [-0.3, -0.25) is 0 Å². The number of fused-ring (bicyclic) bond motifs is 1. The largest absolute Gasteiger partial charge is 0.496 e. The molecule has 2 aliphatic heterocycles. The average molecular weight is 296 g/mol. The number of methoxy groups -OCH3 is 1. The Labute approximate surface area is 120 Å². The van der Waals surface area contributed by atoms with Crippen molar-refractivity contribution in [1.29, 1.82) is 0 Å². The van der Waals surface area contributed by atoms with E-state index in [9.17, 15) is 8.42 Å². The number of hydrogen-bond donors (Lipinski definition) is 1. The van der Waals surface area contributed by atoms with E-state index in [1.165, 1.54) is 0 Å². The van der Waals surface area contributed by atoms with Crippen molar-refractivity contribution >= 4 is 10.0 Å². The monoisotopic (exact) mass is 296 g/mol. The Bertz CT molecular complexity index is 603. The van der Waals surface area contributed by atoms with Gasteiger partial charge in [0.05, 0.1) is 12.0 Å². The zero-order valence-electron chi connectivity index (χ0n) is 11.8. The third kappa shape index (κ3) is 2.21. The Balaban J connectivity index is 1.87. The van der Waals surface area contributed by atoms with E-state index in [0.717, 1.165) is 18.7 Å². The Morgan fingerprint density at radius 2 is 1.90 bits per heavy atom. The maximum Gasteiger partial charge on any atom is 0.243 e. The Hall–Kier alpha value is -1.11. The lowest BCUT2D eigenvalue weighted by atomic mass is 10.0. The van der Waals surface area contributed by atoms with Crippen molar-refractivity contribution in [3.05, 3.63) is 23.8 Å². The molecule has 0 radical (unpaired) electrons. The molecule has 2 saturated heterocycles. The van der Waals surface area contributed by atoms with Crippen molar-refractivity contribution in [3.8, 4) is 5.75 Å². The molecule has 0 aliphatic carbocycles. The first kappa shape index (κ1) is 13.9. The maximum absolute atomic E-state index is 12.7. The highest BCUT2D eigenvalue weighted by atomic mass is 32.2. The van der Waals surface area contributed by atoms with Crippen molar-refractivity contribution in [2.75, 3.05) is 33.3 Å². The predicted octanol–water partition coefficient (Wildman–Crippen LogP) is 0.844. The first-order chi connectivity index (χ1) is 9.52. The standard InChI is InChI=1S/C14H20N2O3S/c1-10-5-13(3-4-14(10)19-2)20(17,18)16-8-11-6-15-7-12(11)9-16/h3-5,11-12,15H,6-9H2,1-2H3. The smallest absolute Gasteiger partial charge is 0.243 e. The Morgan fingerprint density at radius 1 is 1.25 bits per heavy atom. The number of rotatable bonds is 3. The van der Waals surface area contributed by atoms with Crippen LogP contribution in [-0.2, 0) is 10.0 Å². The van der Waals surface area contributed by atoms with E-state index in [0.29, 0.717) is 35.6 Å². The van der Waals surface area contributed by atoms with Crippen LogP contribution < -0.4 is 10.1 Å². The molecule has 1 aromatic rings. The fourth-order valence-electron chi connectivity index (χ4n) is 3.17. The highest BCUT2D eigenvalue weighted by Gasteiger charge is 2.41. The van der Waals surface area contributed by atoms with Gasteiger partial charge in [0.2, 0.25) is 10.0 Å². The summed E-state index contributed by atoms with van der Waals surface area (Å²) in [5, 5.41) is 3.32.